The average molecular weight is 1210 g/mol. The first kappa shape index (κ1) is 49.9. The molecule has 67 heavy (non-hydrogen) atoms. The quantitative estimate of drug-likeness (QED) is 0.153. The van der Waals surface area contributed by atoms with Crippen molar-refractivity contribution in [2.45, 2.75) is 102 Å². The van der Waals surface area contributed by atoms with Crippen molar-refractivity contribution in [3.05, 3.63) is 121 Å². The third kappa shape index (κ3) is 11.7. The third-order valence-corrected chi connectivity index (χ3v) is 18.0. The summed E-state index contributed by atoms with van der Waals surface area (Å²) in [6.07, 6.45) is 16.4. The monoisotopic (exact) mass is 1210 g/mol. The van der Waals surface area contributed by atoms with Crippen LogP contribution in [0, 0.1) is 23.7 Å². The van der Waals surface area contributed by atoms with Crippen LogP contribution < -0.4 is 4.73 Å². The largest absolute Gasteiger partial charge is 0.381 e. The van der Waals surface area contributed by atoms with Gasteiger partial charge < -0.3 is 19.3 Å². The van der Waals surface area contributed by atoms with Crippen LogP contribution >= 0.6 is 86.9 Å². The second kappa shape index (κ2) is 22.5. The van der Waals surface area contributed by atoms with Gasteiger partial charge in [-0.05, 0) is 197 Å². The Morgan fingerprint density at radius 1 is 0.612 bits per heavy atom. The molecule has 4 aliphatic heterocycles. The molecule has 9 nitrogen and oxygen atoms in total. The van der Waals surface area contributed by atoms with Gasteiger partial charge in [0.15, 0.2) is 0 Å². The van der Waals surface area contributed by atoms with Crippen LogP contribution in [0.15, 0.2) is 66.7 Å². The van der Waals surface area contributed by atoms with E-state index in [4.69, 9.17) is 37.7 Å². The molecule has 4 saturated heterocycles. The number of pyridine rings is 2. The van der Waals surface area contributed by atoms with Gasteiger partial charge in [0.1, 0.15) is 0 Å². The molecule has 2 aromatic heterocycles. The maximum atomic E-state index is 13.0. The number of benzene rings is 2. The lowest BCUT2D eigenvalue weighted by atomic mass is 9.76. The number of aryl methyl sites for hydroxylation is 4. The molecule has 1 N–H and O–H groups in total. The number of likely N-dealkylation sites (tertiary alicyclic amines) is 2. The van der Waals surface area contributed by atoms with Gasteiger partial charge in [-0.3, -0.25) is 19.8 Å². The zero-order valence-electron chi connectivity index (χ0n) is 37.8. The van der Waals surface area contributed by atoms with Crippen molar-refractivity contribution < 1.29 is 29.0 Å². The Kier molecular flexibility index (Phi) is 16.8. The van der Waals surface area contributed by atoms with E-state index in [1.165, 1.54) is 38.2 Å². The normalized spacial score (nSPS) is 21.8. The topological polar surface area (TPSA) is 96.1 Å². The lowest BCUT2D eigenvalue weighted by Gasteiger charge is -2.37. The molecule has 10 rings (SSSR count). The summed E-state index contributed by atoms with van der Waals surface area (Å²) in [5, 5.41) is 12.5. The molecule has 15 heteroatoms. The number of carbonyl (C=O) groups excluding carboxylic acids is 2. The van der Waals surface area contributed by atoms with Crippen molar-refractivity contribution in [1.29, 1.82) is 0 Å². The number of hydrogen-bond acceptors (Lipinski definition) is 6. The molecular formula is C52H59Br4Cl2N4O5+. The molecule has 358 valence electrons. The van der Waals surface area contributed by atoms with E-state index in [9.17, 15) is 14.8 Å². The van der Waals surface area contributed by atoms with Crippen LogP contribution in [-0.2, 0) is 44.7 Å². The molecule has 2 aliphatic carbocycles. The van der Waals surface area contributed by atoms with Crippen molar-refractivity contribution in [3.63, 3.8) is 0 Å². The van der Waals surface area contributed by atoms with Gasteiger partial charge in [0.25, 0.3) is 0 Å². The number of aromatic nitrogens is 2. The number of hydrogen-bond donors (Lipinski definition) is 1. The molecule has 4 fully saturated rings. The Labute approximate surface area is 438 Å². The first-order chi connectivity index (χ1) is 32.4. The van der Waals surface area contributed by atoms with E-state index in [0.717, 1.165) is 169 Å². The van der Waals surface area contributed by atoms with Gasteiger partial charge in [-0.25, -0.2) is 0 Å². The van der Waals surface area contributed by atoms with Crippen molar-refractivity contribution in [2.24, 2.45) is 23.7 Å². The summed E-state index contributed by atoms with van der Waals surface area (Å²) in [6.45, 7) is 6.33. The first-order valence-corrected chi connectivity index (χ1v) is 28.1. The maximum absolute atomic E-state index is 13.0. The summed E-state index contributed by atoms with van der Waals surface area (Å²) in [7, 11) is 0. The summed E-state index contributed by atoms with van der Waals surface area (Å²) in [6, 6.07) is 12.5. The van der Waals surface area contributed by atoms with Gasteiger partial charge in [-0.1, -0.05) is 55.1 Å². The van der Waals surface area contributed by atoms with Gasteiger partial charge >= 0.3 is 0 Å². The van der Waals surface area contributed by atoms with E-state index in [0.29, 0.717) is 42.4 Å². The van der Waals surface area contributed by atoms with Crippen molar-refractivity contribution in [3.8, 4) is 0 Å². The number of piperidine rings is 2. The highest BCUT2D eigenvalue weighted by atomic mass is 79.9. The minimum Gasteiger partial charge on any atom is -0.381 e. The van der Waals surface area contributed by atoms with E-state index in [1.54, 1.807) is 6.20 Å². The van der Waals surface area contributed by atoms with Gasteiger partial charge in [-0.2, -0.15) is 0 Å². The van der Waals surface area contributed by atoms with Crippen LogP contribution in [0.2, 0.25) is 10.0 Å². The summed E-state index contributed by atoms with van der Waals surface area (Å²) in [4.78, 5) is 35.1. The lowest BCUT2D eigenvalue weighted by Crippen LogP contribution is -2.44. The molecule has 4 aromatic rings. The molecule has 0 saturated carbocycles. The minimum atomic E-state index is 0.0324. The molecular weight excluding hydrogens is 1150 g/mol. The zero-order chi connectivity index (χ0) is 46.8. The number of rotatable bonds is 6. The number of amides is 2. The molecule has 2 amide bonds. The maximum Gasteiger partial charge on any atom is 0.245 e. The molecule has 6 aliphatic rings. The molecule has 6 heterocycles. The Hall–Kier alpha value is -2.10. The fourth-order valence-electron chi connectivity index (χ4n) is 11.9. The highest BCUT2D eigenvalue weighted by molar-refractivity contribution is 9.11. The van der Waals surface area contributed by atoms with Gasteiger partial charge in [0, 0.05) is 111 Å². The van der Waals surface area contributed by atoms with E-state index < -0.39 is 0 Å². The second-order valence-corrected chi connectivity index (χ2v) is 23.9. The fourth-order valence-corrected chi connectivity index (χ4v) is 14.9. The predicted octanol–water partition coefficient (Wildman–Crippen LogP) is 12.2. The highest BCUT2D eigenvalue weighted by Crippen LogP contribution is 2.48. The summed E-state index contributed by atoms with van der Waals surface area (Å²) >= 11 is 27.6. The zero-order valence-corrected chi connectivity index (χ0v) is 45.6. The van der Waals surface area contributed by atoms with E-state index in [-0.39, 0.29) is 17.7 Å². The third-order valence-electron chi connectivity index (χ3n) is 15.3. The number of halogens is 6. The molecule has 0 bridgehead atoms. The van der Waals surface area contributed by atoms with E-state index in [1.807, 2.05) is 18.3 Å². The van der Waals surface area contributed by atoms with Gasteiger partial charge in [-0.15, -0.1) is 0 Å². The van der Waals surface area contributed by atoms with E-state index >= 15 is 0 Å². The van der Waals surface area contributed by atoms with Crippen molar-refractivity contribution in [2.75, 3.05) is 52.6 Å². The van der Waals surface area contributed by atoms with Crippen molar-refractivity contribution in [1.82, 2.24) is 14.8 Å². The SMILES string of the molecule is O=C(CC1CCOCC1)N1CCC([C@@H]2c3c(Br)cc(Cl)cc3CCc3cc(Br)c[n+](O)c32)CC1.O=C(CC1CCOCC1)N1CCC([C@H]2c3ncc(Br)cc3CCc3cc(Cl)cc(Br)c32)CC1. The Morgan fingerprint density at radius 2 is 1.06 bits per heavy atom. The predicted molar refractivity (Wildman–Crippen MR) is 275 cm³/mol. The Bertz CT molecular complexity index is 2390. The molecule has 2 aromatic carbocycles. The van der Waals surface area contributed by atoms with Crippen LogP contribution in [-0.4, -0.2) is 84.4 Å². The average Bonchev–Trinajstić information content (AvgIpc) is 3.58. The van der Waals surface area contributed by atoms with Gasteiger partial charge in [0.05, 0.1) is 16.1 Å². The minimum absolute atomic E-state index is 0.0324. The number of carbonyl (C=O) groups is 2. The summed E-state index contributed by atoms with van der Waals surface area (Å²) in [5.74, 6) is 2.53. The van der Waals surface area contributed by atoms with Crippen LogP contribution in [0.5, 0.6) is 0 Å². The highest BCUT2D eigenvalue weighted by Gasteiger charge is 2.42. The Balaban J connectivity index is 0.000000168. The van der Waals surface area contributed by atoms with E-state index in [2.05, 4.69) is 97.8 Å². The standard InChI is InChI=1S/C26H30Br2ClN2O3.C26H29Br2ClN2O2/c27-20-12-19-2-1-18-13-21(29)14-22(28)24(18)25(26(19)31(33)15-20)17-3-7-30(8-4-17)23(32)11-16-5-9-34-10-6-16;27-20-12-19-2-1-18-13-21(29)14-22(28)24(18)25(26(19)30-15-20)17-3-7-31(8-4-17)23(32)11-16-5-9-33-10-6-16/h12-17,25,33H,1-11H2;12-17,25H,1-11H2/q+1;/t2*25-/m11/s1. The first-order valence-electron chi connectivity index (χ1n) is 24.1. The number of ether oxygens (including phenoxy) is 2. The smallest absolute Gasteiger partial charge is 0.245 e. The molecule has 0 unspecified atom stereocenters. The van der Waals surface area contributed by atoms with Gasteiger partial charge in [0.2, 0.25) is 23.7 Å². The lowest BCUT2D eigenvalue weighted by molar-refractivity contribution is -0.911. The van der Waals surface area contributed by atoms with Crippen LogP contribution in [0.25, 0.3) is 0 Å². The number of fused-ring (bicyclic) bond motifs is 4. The fraction of sp³-hybridized carbons (Fsp3) is 0.538. The number of nitrogens with zero attached hydrogens (tertiary/aromatic N) is 4. The second-order valence-electron chi connectivity index (χ2n) is 19.4. The van der Waals surface area contributed by atoms with Crippen molar-refractivity contribution >= 4 is 98.7 Å². The summed E-state index contributed by atoms with van der Waals surface area (Å²) < 4.78 is 16.2. The summed E-state index contributed by atoms with van der Waals surface area (Å²) in [5.41, 5.74) is 9.70. The molecule has 0 radical (unpaired) electrons. The van der Waals surface area contributed by atoms with Crippen LogP contribution in [0.3, 0.4) is 0 Å². The molecule has 2 atom stereocenters. The van der Waals surface area contributed by atoms with Crippen LogP contribution in [0.4, 0.5) is 0 Å². The molecule has 0 spiro atoms. The Morgan fingerprint density at radius 3 is 1.58 bits per heavy atom. The van der Waals surface area contributed by atoms with Crippen LogP contribution in [0.1, 0.15) is 121 Å².